The summed E-state index contributed by atoms with van der Waals surface area (Å²) >= 11 is 3.46. The number of fused-ring (bicyclic) bond motifs is 1. The van der Waals surface area contributed by atoms with Gasteiger partial charge in [-0.1, -0.05) is 34.1 Å². The van der Waals surface area contributed by atoms with Gasteiger partial charge in [0.1, 0.15) is 6.07 Å². The maximum Gasteiger partial charge on any atom is 0.186 e. The third-order valence-corrected chi connectivity index (χ3v) is 5.27. The smallest absolute Gasteiger partial charge is 0.186 e. The second-order valence-corrected chi connectivity index (χ2v) is 7.46. The van der Waals surface area contributed by atoms with Gasteiger partial charge in [-0.05, 0) is 61.1 Å². The van der Waals surface area contributed by atoms with Crippen molar-refractivity contribution >= 4 is 32.5 Å². The molecule has 0 amide bonds. The first-order chi connectivity index (χ1) is 12.2. The Morgan fingerprint density at radius 2 is 1.84 bits per heavy atom. The Kier molecular flexibility index (Phi) is 4.14. The summed E-state index contributed by atoms with van der Waals surface area (Å²) in [4.78, 5) is 0. The minimum Gasteiger partial charge on any atom is -0.379 e. The molecule has 0 bridgehead atoms. The number of aromatic nitrogens is 2. The van der Waals surface area contributed by atoms with Gasteiger partial charge in [-0.2, -0.15) is 5.26 Å². The minimum atomic E-state index is 0.339. The second-order valence-electron chi connectivity index (χ2n) is 6.54. The molecule has 1 atom stereocenters. The van der Waals surface area contributed by atoms with Crippen molar-refractivity contribution < 1.29 is 0 Å². The molecule has 1 unspecified atom stereocenters. The van der Waals surface area contributed by atoms with Crippen LogP contribution in [0.5, 0.6) is 0 Å². The van der Waals surface area contributed by atoms with Crippen molar-refractivity contribution in [3.8, 4) is 17.2 Å². The van der Waals surface area contributed by atoms with Gasteiger partial charge < -0.3 is 5.32 Å². The largest absolute Gasteiger partial charge is 0.379 e. The van der Waals surface area contributed by atoms with Crippen LogP contribution in [-0.2, 0) is 0 Å². The molecule has 124 valence electrons. The van der Waals surface area contributed by atoms with E-state index < -0.39 is 0 Å². The second kappa shape index (κ2) is 6.45. The van der Waals surface area contributed by atoms with Crippen molar-refractivity contribution in [2.75, 3.05) is 5.32 Å². The molecule has 1 N–H and O–H groups in total. The number of rotatable bonds is 4. The lowest BCUT2D eigenvalue weighted by Crippen LogP contribution is -2.19. The zero-order valence-corrected chi connectivity index (χ0v) is 15.4. The third-order valence-electron chi connectivity index (χ3n) is 4.75. The lowest BCUT2D eigenvalue weighted by Gasteiger charge is -2.17. The van der Waals surface area contributed by atoms with Crippen LogP contribution in [0.15, 0.2) is 46.9 Å². The van der Waals surface area contributed by atoms with Crippen LogP contribution in [0.4, 0.5) is 5.69 Å². The van der Waals surface area contributed by atoms with E-state index in [-0.39, 0.29) is 0 Å². The maximum atomic E-state index is 9.41. The van der Waals surface area contributed by atoms with E-state index >= 15 is 0 Å². The first kappa shape index (κ1) is 16.0. The Balaban J connectivity index is 1.78. The predicted molar refractivity (Wildman–Crippen MR) is 103 cm³/mol. The quantitative estimate of drug-likeness (QED) is 0.667. The molecule has 25 heavy (non-hydrogen) atoms. The molecule has 3 aromatic rings. The van der Waals surface area contributed by atoms with Crippen molar-refractivity contribution in [2.45, 2.75) is 25.8 Å². The molecule has 1 fully saturated rings. The van der Waals surface area contributed by atoms with Crippen molar-refractivity contribution in [3.05, 3.63) is 52.6 Å². The van der Waals surface area contributed by atoms with Gasteiger partial charge in [0.2, 0.25) is 0 Å². The van der Waals surface area contributed by atoms with Gasteiger partial charge in [0.05, 0.1) is 11.2 Å². The summed E-state index contributed by atoms with van der Waals surface area (Å²) in [5.74, 6) is 0.691. The van der Waals surface area contributed by atoms with Crippen molar-refractivity contribution in [1.29, 1.82) is 5.26 Å². The molecule has 0 aliphatic heterocycles. The average molecular weight is 393 g/mol. The summed E-state index contributed by atoms with van der Waals surface area (Å²) in [7, 11) is 0. The highest BCUT2D eigenvalue weighted by Crippen LogP contribution is 2.36. The molecule has 5 heteroatoms. The predicted octanol–water partition coefficient (Wildman–Crippen LogP) is 5.14. The van der Waals surface area contributed by atoms with Crippen LogP contribution in [0.1, 0.15) is 25.5 Å². The summed E-state index contributed by atoms with van der Waals surface area (Å²) in [6.45, 7) is 2.17. The van der Waals surface area contributed by atoms with E-state index in [1.54, 1.807) is 0 Å². The first-order valence-corrected chi connectivity index (χ1v) is 9.18. The summed E-state index contributed by atoms with van der Waals surface area (Å²) < 4.78 is 1.05. The molecule has 1 heterocycles. The fourth-order valence-electron chi connectivity index (χ4n) is 3.10. The molecule has 2 aromatic carbocycles. The molecular weight excluding hydrogens is 376 g/mol. The molecule has 0 radical (unpaired) electrons. The Hall–Kier alpha value is -2.45. The fourth-order valence-corrected chi connectivity index (χ4v) is 3.36. The standard InChI is InChI=1S/C20H17BrN4/c1-12(13-2-3-13)23-20-17-9-6-15(14-4-7-16(21)8-5-14)10-18(17)24-25-19(20)11-22/h4-10,12-13H,2-3H2,1H3,(H,23,24). The monoisotopic (exact) mass is 392 g/mol. The van der Waals surface area contributed by atoms with E-state index in [1.165, 1.54) is 12.8 Å². The van der Waals surface area contributed by atoms with E-state index in [0.29, 0.717) is 17.7 Å². The Morgan fingerprint density at radius 3 is 2.52 bits per heavy atom. The highest BCUT2D eigenvalue weighted by Gasteiger charge is 2.28. The zero-order valence-electron chi connectivity index (χ0n) is 13.8. The topological polar surface area (TPSA) is 61.6 Å². The maximum absolute atomic E-state index is 9.41. The minimum absolute atomic E-state index is 0.339. The number of nitriles is 1. The SMILES string of the molecule is CC(Nc1c(C#N)nnc2cc(-c3ccc(Br)cc3)ccc12)C1CC1. The number of hydrogen-bond donors (Lipinski definition) is 1. The van der Waals surface area contributed by atoms with Gasteiger partial charge in [-0.3, -0.25) is 0 Å². The molecule has 4 nitrogen and oxygen atoms in total. The van der Waals surface area contributed by atoms with Crippen LogP contribution in [0, 0.1) is 17.2 Å². The molecule has 1 aliphatic rings. The number of nitrogens with one attached hydrogen (secondary N) is 1. The summed E-state index contributed by atoms with van der Waals surface area (Å²) in [5, 5.41) is 22.2. The molecule has 1 aliphatic carbocycles. The van der Waals surface area contributed by atoms with Crippen LogP contribution >= 0.6 is 15.9 Å². The van der Waals surface area contributed by atoms with E-state index in [4.69, 9.17) is 0 Å². The van der Waals surface area contributed by atoms with Gasteiger partial charge in [-0.25, -0.2) is 0 Å². The number of hydrogen-bond acceptors (Lipinski definition) is 4. The number of nitrogens with zero attached hydrogens (tertiary/aromatic N) is 3. The zero-order chi connectivity index (χ0) is 17.4. The number of halogens is 1. The normalized spacial score (nSPS) is 14.9. The summed E-state index contributed by atoms with van der Waals surface area (Å²) in [6.07, 6.45) is 2.50. The molecule has 0 spiro atoms. The number of benzene rings is 2. The van der Waals surface area contributed by atoms with Crippen molar-refractivity contribution in [2.24, 2.45) is 5.92 Å². The Bertz CT molecular complexity index is 971. The Morgan fingerprint density at radius 1 is 1.12 bits per heavy atom. The van der Waals surface area contributed by atoms with Crippen LogP contribution in [-0.4, -0.2) is 16.2 Å². The van der Waals surface area contributed by atoms with E-state index in [1.807, 2.05) is 24.3 Å². The number of anilines is 1. The third kappa shape index (κ3) is 3.22. The Labute approximate surface area is 155 Å². The van der Waals surface area contributed by atoms with Crippen LogP contribution < -0.4 is 5.32 Å². The van der Waals surface area contributed by atoms with Crippen LogP contribution in [0.3, 0.4) is 0 Å². The van der Waals surface area contributed by atoms with Gasteiger partial charge >= 0.3 is 0 Å². The van der Waals surface area contributed by atoms with Gasteiger partial charge in [0.15, 0.2) is 5.69 Å². The van der Waals surface area contributed by atoms with E-state index in [9.17, 15) is 5.26 Å². The summed E-state index contributed by atoms with van der Waals surface area (Å²) in [5.41, 5.74) is 4.16. The van der Waals surface area contributed by atoms with Gasteiger partial charge in [0.25, 0.3) is 0 Å². The first-order valence-electron chi connectivity index (χ1n) is 8.39. The van der Waals surface area contributed by atoms with Gasteiger partial charge in [0, 0.05) is 15.9 Å². The molecule has 4 rings (SSSR count). The van der Waals surface area contributed by atoms with Crippen LogP contribution in [0.25, 0.3) is 22.0 Å². The van der Waals surface area contributed by atoms with E-state index in [2.05, 4.69) is 62.6 Å². The van der Waals surface area contributed by atoms with Crippen molar-refractivity contribution in [3.63, 3.8) is 0 Å². The highest BCUT2D eigenvalue weighted by atomic mass is 79.9. The fraction of sp³-hybridized carbons (Fsp3) is 0.250. The molecular formula is C20H17BrN4. The van der Waals surface area contributed by atoms with Crippen LogP contribution in [0.2, 0.25) is 0 Å². The van der Waals surface area contributed by atoms with E-state index in [0.717, 1.165) is 32.2 Å². The summed E-state index contributed by atoms with van der Waals surface area (Å²) in [6, 6.07) is 16.8. The molecule has 1 aromatic heterocycles. The van der Waals surface area contributed by atoms with Crippen molar-refractivity contribution in [1.82, 2.24) is 10.2 Å². The highest BCUT2D eigenvalue weighted by molar-refractivity contribution is 9.10. The van der Waals surface area contributed by atoms with Gasteiger partial charge in [-0.15, -0.1) is 10.2 Å². The lowest BCUT2D eigenvalue weighted by molar-refractivity contribution is 0.694. The molecule has 0 saturated heterocycles. The average Bonchev–Trinajstić information content (AvgIpc) is 3.47. The lowest BCUT2D eigenvalue weighted by atomic mass is 10.0. The molecule has 1 saturated carbocycles.